The zero-order valence-corrected chi connectivity index (χ0v) is 10.3. The summed E-state index contributed by atoms with van der Waals surface area (Å²) in [5.74, 6) is -1.65. The lowest BCUT2D eigenvalue weighted by Crippen LogP contribution is -2.55. The number of ether oxygens (including phenoxy) is 1. The zero-order valence-electron chi connectivity index (χ0n) is 10.3. The minimum Gasteiger partial charge on any atom is -0.481 e. The summed E-state index contributed by atoms with van der Waals surface area (Å²) in [4.78, 5) is 25.0. The zero-order chi connectivity index (χ0) is 12.6. The molecule has 17 heavy (non-hydrogen) atoms. The van der Waals surface area contributed by atoms with E-state index in [2.05, 4.69) is 0 Å². The monoisotopic (exact) mass is 241 g/mol. The van der Waals surface area contributed by atoms with E-state index in [1.54, 1.807) is 4.90 Å². The number of carbonyl (C=O) groups excluding carboxylic acids is 1. The number of morpholine rings is 1. The molecule has 2 aliphatic rings. The summed E-state index contributed by atoms with van der Waals surface area (Å²) in [6, 6.07) is 0.0498. The number of rotatable bonds is 2. The van der Waals surface area contributed by atoms with Crippen molar-refractivity contribution in [2.24, 2.45) is 11.8 Å². The molecule has 5 nitrogen and oxygen atoms in total. The van der Waals surface area contributed by atoms with E-state index in [0.717, 1.165) is 0 Å². The number of hydrogen-bond donors (Lipinski definition) is 1. The summed E-state index contributed by atoms with van der Waals surface area (Å²) >= 11 is 0. The highest BCUT2D eigenvalue weighted by atomic mass is 16.5. The van der Waals surface area contributed by atoms with Crippen LogP contribution < -0.4 is 0 Å². The molecule has 0 aromatic heterocycles. The molecule has 2 fully saturated rings. The normalized spacial score (nSPS) is 37.4. The van der Waals surface area contributed by atoms with Crippen LogP contribution in [0.2, 0.25) is 0 Å². The van der Waals surface area contributed by atoms with Crippen molar-refractivity contribution in [3.8, 4) is 0 Å². The molecular weight excluding hydrogens is 222 g/mol. The Balaban J connectivity index is 2.01. The van der Waals surface area contributed by atoms with Crippen molar-refractivity contribution in [2.45, 2.75) is 38.8 Å². The summed E-state index contributed by atoms with van der Waals surface area (Å²) in [6.07, 6.45) is 1.37. The van der Waals surface area contributed by atoms with Crippen molar-refractivity contribution < 1.29 is 19.4 Å². The number of amides is 1. The molecule has 96 valence electrons. The lowest BCUT2D eigenvalue weighted by Gasteiger charge is -2.42. The van der Waals surface area contributed by atoms with Crippen LogP contribution in [0.5, 0.6) is 0 Å². The van der Waals surface area contributed by atoms with Gasteiger partial charge in [0.05, 0.1) is 30.6 Å². The maximum Gasteiger partial charge on any atom is 0.307 e. The maximum atomic E-state index is 12.3. The van der Waals surface area contributed by atoms with Crippen molar-refractivity contribution in [2.75, 3.05) is 13.2 Å². The summed E-state index contributed by atoms with van der Waals surface area (Å²) in [6.45, 7) is 4.99. The van der Waals surface area contributed by atoms with Crippen LogP contribution in [0.4, 0.5) is 0 Å². The maximum absolute atomic E-state index is 12.3. The number of hydrogen-bond acceptors (Lipinski definition) is 3. The van der Waals surface area contributed by atoms with Gasteiger partial charge in [0.25, 0.3) is 0 Å². The van der Waals surface area contributed by atoms with Crippen LogP contribution in [0.3, 0.4) is 0 Å². The van der Waals surface area contributed by atoms with Gasteiger partial charge in [0.2, 0.25) is 5.91 Å². The number of nitrogens with zero attached hydrogens (tertiary/aromatic N) is 1. The van der Waals surface area contributed by atoms with Crippen molar-refractivity contribution in [1.82, 2.24) is 4.90 Å². The van der Waals surface area contributed by atoms with Crippen molar-refractivity contribution in [3.05, 3.63) is 0 Å². The molecule has 1 aliphatic heterocycles. The molecule has 1 saturated carbocycles. The molecule has 1 amide bonds. The van der Waals surface area contributed by atoms with Gasteiger partial charge < -0.3 is 14.7 Å². The highest BCUT2D eigenvalue weighted by Gasteiger charge is 2.44. The smallest absolute Gasteiger partial charge is 0.307 e. The summed E-state index contributed by atoms with van der Waals surface area (Å²) < 4.78 is 5.47. The minimum atomic E-state index is -0.844. The van der Waals surface area contributed by atoms with Crippen LogP contribution >= 0.6 is 0 Å². The van der Waals surface area contributed by atoms with E-state index in [-0.39, 0.29) is 24.0 Å². The molecular formula is C12H19NO4. The van der Waals surface area contributed by atoms with Gasteiger partial charge in [-0.3, -0.25) is 9.59 Å². The molecule has 0 bridgehead atoms. The lowest BCUT2D eigenvalue weighted by atomic mass is 9.72. The molecule has 2 rings (SSSR count). The molecule has 4 unspecified atom stereocenters. The molecule has 4 atom stereocenters. The minimum absolute atomic E-state index is 0.00806. The molecule has 0 radical (unpaired) electrons. The summed E-state index contributed by atoms with van der Waals surface area (Å²) in [5, 5.41) is 8.97. The molecule has 0 aromatic carbocycles. The highest BCUT2D eigenvalue weighted by Crippen LogP contribution is 2.36. The van der Waals surface area contributed by atoms with Gasteiger partial charge in [-0.15, -0.1) is 0 Å². The molecule has 1 aliphatic carbocycles. The Hall–Kier alpha value is -1.10. The van der Waals surface area contributed by atoms with Gasteiger partial charge in [-0.2, -0.15) is 0 Å². The van der Waals surface area contributed by atoms with Crippen LogP contribution in [-0.2, 0) is 14.3 Å². The average Bonchev–Trinajstić information content (AvgIpc) is 2.19. The molecule has 0 spiro atoms. The van der Waals surface area contributed by atoms with E-state index in [4.69, 9.17) is 9.84 Å². The Bertz CT molecular complexity index is 330. The van der Waals surface area contributed by atoms with Gasteiger partial charge >= 0.3 is 5.97 Å². The highest BCUT2D eigenvalue weighted by molar-refractivity contribution is 5.86. The average molecular weight is 241 g/mol. The van der Waals surface area contributed by atoms with E-state index >= 15 is 0 Å². The predicted octanol–water partition coefficient (Wildman–Crippen LogP) is 0.733. The van der Waals surface area contributed by atoms with Gasteiger partial charge in [-0.05, 0) is 26.7 Å². The first-order valence-corrected chi connectivity index (χ1v) is 6.15. The van der Waals surface area contributed by atoms with E-state index < -0.39 is 11.9 Å². The van der Waals surface area contributed by atoms with Crippen molar-refractivity contribution in [1.29, 1.82) is 0 Å². The summed E-state index contributed by atoms with van der Waals surface area (Å²) in [7, 11) is 0. The van der Waals surface area contributed by atoms with Crippen LogP contribution in [0, 0.1) is 11.8 Å². The van der Waals surface area contributed by atoms with E-state index in [1.807, 2.05) is 13.8 Å². The summed E-state index contributed by atoms with van der Waals surface area (Å²) in [5.41, 5.74) is 0. The van der Waals surface area contributed by atoms with E-state index in [9.17, 15) is 9.59 Å². The van der Waals surface area contributed by atoms with Gasteiger partial charge in [0.15, 0.2) is 0 Å². The van der Waals surface area contributed by atoms with Crippen molar-refractivity contribution >= 4 is 11.9 Å². The second kappa shape index (κ2) is 4.64. The third-order valence-electron chi connectivity index (χ3n) is 3.80. The largest absolute Gasteiger partial charge is 0.481 e. The Morgan fingerprint density at radius 3 is 2.41 bits per heavy atom. The third kappa shape index (κ3) is 2.29. The quantitative estimate of drug-likeness (QED) is 0.774. The molecule has 0 aromatic rings. The predicted molar refractivity (Wildman–Crippen MR) is 60.4 cm³/mol. The standard InChI is InChI=1S/C12H19NO4/c1-7-6-17-8(2)5-13(7)11(14)9-3-4-10(9)12(15)16/h7-10H,3-6H2,1-2H3,(H,15,16). The Kier molecular flexibility index (Phi) is 3.38. The second-order valence-corrected chi connectivity index (χ2v) is 5.11. The van der Waals surface area contributed by atoms with Crippen LogP contribution in [0.15, 0.2) is 0 Å². The Morgan fingerprint density at radius 2 is 1.88 bits per heavy atom. The van der Waals surface area contributed by atoms with Crippen LogP contribution in [0.1, 0.15) is 26.7 Å². The topological polar surface area (TPSA) is 66.8 Å². The number of carbonyl (C=O) groups is 2. The Morgan fingerprint density at radius 1 is 1.24 bits per heavy atom. The van der Waals surface area contributed by atoms with E-state index in [0.29, 0.717) is 26.0 Å². The van der Waals surface area contributed by atoms with Crippen LogP contribution in [-0.4, -0.2) is 47.2 Å². The lowest BCUT2D eigenvalue weighted by molar-refractivity contribution is -0.162. The first kappa shape index (κ1) is 12.4. The number of aliphatic carboxylic acids is 1. The first-order chi connectivity index (χ1) is 8.00. The van der Waals surface area contributed by atoms with Crippen LogP contribution in [0.25, 0.3) is 0 Å². The fourth-order valence-electron chi connectivity index (χ4n) is 2.51. The molecule has 5 heteroatoms. The second-order valence-electron chi connectivity index (χ2n) is 5.11. The SMILES string of the molecule is CC1CN(C(=O)C2CCC2C(=O)O)C(C)CO1. The fourth-order valence-corrected chi connectivity index (χ4v) is 2.51. The molecule has 1 saturated heterocycles. The number of carboxylic acids is 1. The fraction of sp³-hybridized carbons (Fsp3) is 0.833. The first-order valence-electron chi connectivity index (χ1n) is 6.15. The van der Waals surface area contributed by atoms with Gasteiger partial charge in [-0.25, -0.2) is 0 Å². The van der Waals surface area contributed by atoms with Gasteiger partial charge in [-0.1, -0.05) is 0 Å². The third-order valence-corrected chi connectivity index (χ3v) is 3.80. The van der Waals surface area contributed by atoms with E-state index in [1.165, 1.54) is 0 Å². The molecule has 1 N–H and O–H groups in total. The van der Waals surface area contributed by atoms with Gasteiger partial charge in [0.1, 0.15) is 0 Å². The number of carboxylic acid groups (broad SMARTS) is 1. The van der Waals surface area contributed by atoms with Crippen molar-refractivity contribution in [3.63, 3.8) is 0 Å². The Labute approximate surface area is 101 Å². The molecule has 1 heterocycles. The van der Waals surface area contributed by atoms with Gasteiger partial charge in [0, 0.05) is 6.54 Å².